The number of carbonyl (C=O) groups is 1. The summed E-state index contributed by atoms with van der Waals surface area (Å²) in [7, 11) is 0. The van der Waals surface area contributed by atoms with E-state index in [0.717, 1.165) is 16.5 Å². The standard InChI is InChI=1S/C22H18Cl2F2N4O3/c1-3-13-9-28-20(31)14(6-17(13)24)10-30-11-29-19(22(2,25)26)18(21(30)32)33-16-5-12(8-27)4-15(23)7-16/h4-7,11H,3,9-10H2,1-2H3,(H,28,31). The van der Waals surface area contributed by atoms with Crippen molar-refractivity contribution in [1.82, 2.24) is 14.9 Å². The van der Waals surface area contributed by atoms with Crippen LogP contribution in [0, 0.1) is 11.3 Å². The van der Waals surface area contributed by atoms with Crippen LogP contribution in [0.3, 0.4) is 0 Å². The number of hydrogen-bond acceptors (Lipinski definition) is 5. The Morgan fingerprint density at radius 2 is 2.03 bits per heavy atom. The molecular weight excluding hydrogens is 477 g/mol. The van der Waals surface area contributed by atoms with E-state index in [2.05, 4.69) is 10.3 Å². The maximum Gasteiger partial charge on any atom is 0.297 e. The number of nitrogens with zero attached hydrogens (tertiary/aromatic N) is 3. The lowest BCUT2D eigenvalue weighted by molar-refractivity contribution is -0.117. The molecule has 0 saturated heterocycles. The van der Waals surface area contributed by atoms with Crippen LogP contribution in [-0.2, 0) is 17.3 Å². The number of nitriles is 1. The van der Waals surface area contributed by atoms with Crippen LogP contribution >= 0.6 is 23.2 Å². The van der Waals surface area contributed by atoms with E-state index in [0.29, 0.717) is 18.4 Å². The second-order valence-corrected chi connectivity index (χ2v) is 8.13. The molecule has 1 aliphatic heterocycles. The van der Waals surface area contributed by atoms with Crippen LogP contribution in [0.2, 0.25) is 5.02 Å². The molecule has 0 aliphatic carbocycles. The molecule has 0 atom stereocenters. The van der Waals surface area contributed by atoms with Gasteiger partial charge < -0.3 is 10.1 Å². The van der Waals surface area contributed by atoms with Gasteiger partial charge in [0, 0.05) is 29.1 Å². The van der Waals surface area contributed by atoms with Gasteiger partial charge in [-0.3, -0.25) is 14.2 Å². The predicted octanol–water partition coefficient (Wildman–Crippen LogP) is 4.63. The minimum Gasteiger partial charge on any atom is -0.449 e. The van der Waals surface area contributed by atoms with Crippen molar-refractivity contribution in [1.29, 1.82) is 5.26 Å². The van der Waals surface area contributed by atoms with E-state index in [1.807, 2.05) is 13.0 Å². The molecule has 0 fully saturated rings. The fourth-order valence-corrected chi connectivity index (χ4v) is 3.65. The van der Waals surface area contributed by atoms with Crippen LogP contribution in [0.4, 0.5) is 8.78 Å². The first-order chi connectivity index (χ1) is 15.5. The third-order valence-corrected chi connectivity index (χ3v) is 5.39. The Kier molecular flexibility index (Phi) is 7.20. The molecule has 0 unspecified atom stereocenters. The van der Waals surface area contributed by atoms with Crippen molar-refractivity contribution < 1.29 is 18.3 Å². The lowest BCUT2D eigenvalue weighted by atomic mass is 10.1. The van der Waals surface area contributed by atoms with Gasteiger partial charge in [0.05, 0.1) is 24.5 Å². The lowest BCUT2D eigenvalue weighted by Gasteiger charge is -2.17. The number of benzene rings is 1. The number of ether oxygens (including phenoxy) is 1. The molecule has 172 valence electrons. The summed E-state index contributed by atoms with van der Waals surface area (Å²) in [5.74, 6) is -4.80. The molecule has 0 spiro atoms. The summed E-state index contributed by atoms with van der Waals surface area (Å²) in [5, 5.41) is 12.3. The molecule has 1 aliphatic rings. The summed E-state index contributed by atoms with van der Waals surface area (Å²) in [6.07, 6.45) is 2.97. The number of allylic oxidation sites excluding steroid dienone is 2. The SMILES string of the molecule is CCC1=C(Cl)C=C(Cn2cnc(C(C)(F)F)c(Oc3cc(Cl)cc(C#N)c3)c2=O)C(=O)NC1. The van der Waals surface area contributed by atoms with Crippen molar-refractivity contribution in [3.8, 4) is 17.6 Å². The van der Waals surface area contributed by atoms with Crippen LogP contribution in [-0.4, -0.2) is 22.0 Å². The Balaban J connectivity index is 2.08. The fraction of sp³-hybridized carbons (Fsp3) is 0.273. The van der Waals surface area contributed by atoms with Gasteiger partial charge in [0.25, 0.3) is 11.5 Å². The van der Waals surface area contributed by atoms with Crippen LogP contribution in [0.1, 0.15) is 31.5 Å². The Morgan fingerprint density at radius 1 is 1.30 bits per heavy atom. The van der Waals surface area contributed by atoms with Crippen molar-refractivity contribution >= 4 is 29.1 Å². The van der Waals surface area contributed by atoms with Crippen molar-refractivity contribution in [2.24, 2.45) is 0 Å². The summed E-state index contributed by atoms with van der Waals surface area (Å²) in [6, 6.07) is 5.73. The minimum absolute atomic E-state index is 0.0915. The highest BCUT2D eigenvalue weighted by Crippen LogP contribution is 2.34. The third-order valence-electron chi connectivity index (χ3n) is 4.79. The van der Waals surface area contributed by atoms with Gasteiger partial charge in [-0.25, -0.2) is 4.98 Å². The van der Waals surface area contributed by atoms with Gasteiger partial charge in [-0.15, -0.1) is 0 Å². The normalized spacial score (nSPS) is 14.3. The van der Waals surface area contributed by atoms with E-state index in [1.165, 1.54) is 24.3 Å². The summed E-state index contributed by atoms with van der Waals surface area (Å²) in [5.41, 5.74) is -0.782. The van der Waals surface area contributed by atoms with Crippen LogP contribution in [0.15, 0.2) is 51.6 Å². The van der Waals surface area contributed by atoms with Gasteiger partial charge in [-0.1, -0.05) is 30.1 Å². The first-order valence-electron chi connectivity index (χ1n) is 9.76. The van der Waals surface area contributed by atoms with Gasteiger partial charge in [0.2, 0.25) is 11.7 Å². The highest BCUT2D eigenvalue weighted by Gasteiger charge is 2.34. The number of halogens is 4. The summed E-state index contributed by atoms with van der Waals surface area (Å²) in [6.45, 7) is 2.43. The summed E-state index contributed by atoms with van der Waals surface area (Å²) >= 11 is 12.2. The molecule has 2 aromatic rings. The zero-order valence-corrected chi connectivity index (χ0v) is 19.1. The first kappa shape index (κ1) is 24.4. The monoisotopic (exact) mass is 494 g/mol. The lowest BCUT2D eigenvalue weighted by Crippen LogP contribution is -2.31. The predicted molar refractivity (Wildman–Crippen MR) is 119 cm³/mol. The third kappa shape index (κ3) is 5.59. The molecule has 1 N–H and O–H groups in total. The molecule has 0 bridgehead atoms. The quantitative estimate of drug-likeness (QED) is 0.631. The molecule has 0 radical (unpaired) electrons. The molecule has 7 nitrogen and oxygen atoms in total. The van der Waals surface area contributed by atoms with Crippen molar-refractivity contribution in [2.45, 2.75) is 32.7 Å². The Morgan fingerprint density at radius 3 is 2.67 bits per heavy atom. The molecular formula is C22H18Cl2F2N4O3. The van der Waals surface area contributed by atoms with Crippen molar-refractivity contribution in [3.63, 3.8) is 0 Å². The van der Waals surface area contributed by atoms with E-state index in [4.69, 9.17) is 33.2 Å². The topological polar surface area (TPSA) is 97.0 Å². The average Bonchev–Trinajstić information content (AvgIpc) is 2.87. The average molecular weight is 495 g/mol. The van der Waals surface area contributed by atoms with Gasteiger partial charge in [0.1, 0.15) is 5.75 Å². The molecule has 1 amide bonds. The molecule has 1 aromatic heterocycles. The summed E-state index contributed by atoms with van der Waals surface area (Å²) < 4.78 is 34.8. The van der Waals surface area contributed by atoms with E-state index in [1.54, 1.807) is 0 Å². The van der Waals surface area contributed by atoms with Crippen molar-refractivity contribution in [3.05, 3.63) is 73.4 Å². The number of carbonyl (C=O) groups excluding carboxylic acids is 1. The number of alkyl halides is 2. The van der Waals surface area contributed by atoms with E-state index in [9.17, 15) is 18.4 Å². The van der Waals surface area contributed by atoms with Gasteiger partial charge in [0.15, 0.2) is 5.69 Å². The van der Waals surface area contributed by atoms with E-state index >= 15 is 0 Å². The maximum absolute atomic E-state index is 14.2. The Labute approximate surface area is 197 Å². The molecule has 2 heterocycles. The number of aromatic nitrogens is 2. The minimum atomic E-state index is -3.51. The molecule has 3 rings (SSSR count). The van der Waals surface area contributed by atoms with Crippen molar-refractivity contribution in [2.75, 3.05) is 6.54 Å². The second-order valence-electron chi connectivity index (χ2n) is 7.29. The van der Waals surface area contributed by atoms with Gasteiger partial charge in [-0.05, 0) is 36.3 Å². The van der Waals surface area contributed by atoms with E-state index in [-0.39, 0.29) is 35.0 Å². The number of hydrogen-bond donors (Lipinski definition) is 1. The smallest absolute Gasteiger partial charge is 0.297 e. The van der Waals surface area contributed by atoms with E-state index < -0.39 is 28.8 Å². The van der Waals surface area contributed by atoms with Gasteiger partial charge in [-0.2, -0.15) is 14.0 Å². The second kappa shape index (κ2) is 9.73. The Hall–Kier alpha value is -3.22. The fourth-order valence-electron chi connectivity index (χ4n) is 3.09. The molecule has 0 saturated carbocycles. The zero-order valence-electron chi connectivity index (χ0n) is 17.6. The highest BCUT2D eigenvalue weighted by atomic mass is 35.5. The zero-order chi connectivity index (χ0) is 24.3. The highest BCUT2D eigenvalue weighted by molar-refractivity contribution is 6.32. The number of amides is 1. The van der Waals surface area contributed by atoms with Crippen LogP contribution in [0.25, 0.3) is 0 Å². The molecule has 33 heavy (non-hydrogen) atoms. The number of rotatable bonds is 6. The Bertz CT molecular complexity index is 1270. The number of nitrogens with one attached hydrogen (secondary N) is 1. The first-order valence-corrected chi connectivity index (χ1v) is 10.5. The molecule has 11 heteroatoms. The van der Waals surface area contributed by atoms with Gasteiger partial charge >= 0.3 is 0 Å². The largest absolute Gasteiger partial charge is 0.449 e. The van der Waals surface area contributed by atoms with Crippen LogP contribution in [0.5, 0.6) is 11.5 Å². The maximum atomic E-state index is 14.2. The summed E-state index contributed by atoms with van der Waals surface area (Å²) in [4.78, 5) is 29.3. The molecule has 1 aromatic carbocycles. The van der Waals surface area contributed by atoms with Crippen LogP contribution < -0.4 is 15.6 Å².